The standard InChI is InChI=1S/C16H23Cl2N3OS/c1-12(2)3-8-23-11-15(22)20-4-6-21(7-5-20)16-14(18)9-13(17)10-19-16/h9-10,12H,3-8,11H2,1-2H3. The number of hydrogen-bond acceptors (Lipinski definition) is 4. The second-order valence-corrected chi connectivity index (χ2v) is 8.01. The van der Waals surface area contributed by atoms with Crippen LogP contribution in [0, 0.1) is 5.92 Å². The third-order valence-electron chi connectivity index (χ3n) is 3.79. The van der Waals surface area contributed by atoms with Crippen LogP contribution in [0.15, 0.2) is 12.3 Å². The maximum absolute atomic E-state index is 12.2. The Kier molecular flexibility index (Phi) is 7.31. The summed E-state index contributed by atoms with van der Waals surface area (Å²) in [6, 6.07) is 1.70. The molecule has 0 N–H and O–H groups in total. The van der Waals surface area contributed by atoms with Gasteiger partial charge in [0.05, 0.1) is 15.8 Å². The summed E-state index contributed by atoms with van der Waals surface area (Å²) in [7, 11) is 0. The predicted molar refractivity (Wildman–Crippen MR) is 99.8 cm³/mol. The number of hydrogen-bond donors (Lipinski definition) is 0. The molecule has 23 heavy (non-hydrogen) atoms. The molecule has 0 aromatic carbocycles. The van der Waals surface area contributed by atoms with E-state index < -0.39 is 0 Å². The number of thioether (sulfide) groups is 1. The van der Waals surface area contributed by atoms with Crippen LogP contribution in [0.2, 0.25) is 10.0 Å². The van der Waals surface area contributed by atoms with Crippen molar-refractivity contribution < 1.29 is 4.79 Å². The molecule has 0 saturated carbocycles. The lowest BCUT2D eigenvalue weighted by Gasteiger charge is -2.35. The number of aromatic nitrogens is 1. The predicted octanol–water partition coefficient (Wildman–Crippen LogP) is 3.82. The SMILES string of the molecule is CC(C)CCSCC(=O)N1CCN(c2ncc(Cl)cc2Cl)CC1. The Bertz CT molecular complexity index is 534. The van der Waals surface area contributed by atoms with Crippen LogP contribution in [-0.2, 0) is 4.79 Å². The fourth-order valence-corrected chi connectivity index (χ4v) is 4.02. The first-order valence-electron chi connectivity index (χ1n) is 7.89. The summed E-state index contributed by atoms with van der Waals surface area (Å²) >= 11 is 13.8. The van der Waals surface area contributed by atoms with E-state index in [2.05, 4.69) is 23.7 Å². The Hall–Kier alpha value is -0.650. The van der Waals surface area contributed by atoms with Crippen molar-refractivity contribution in [3.63, 3.8) is 0 Å². The summed E-state index contributed by atoms with van der Waals surface area (Å²) in [5, 5.41) is 1.09. The average Bonchev–Trinajstić information content (AvgIpc) is 2.51. The highest BCUT2D eigenvalue weighted by molar-refractivity contribution is 7.99. The van der Waals surface area contributed by atoms with Gasteiger partial charge in [-0.15, -0.1) is 0 Å². The van der Waals surface area contributed by atoms with Crippen molar-refractivity contribution in [2.75, 3.05) is 42.6 Å². The number of anilines is 1. The largest absolute Gasteiger partial charge is 0.352 e. The van der Waals surface area contributed by atoms with Gasteiger partial charge in [-0.2, -0.15) is 11.8 Å². The van der Waals surface area contributed by atoms with E-state index >= 15 is 0 Å². The molecule has 2 rings (SSSR count). The first-order valence-corrected chi connectivity index (χ1v) is 9.80. The van der Waals surface area contributed by atoms with Gasteiger partial charge in [-0.05, 0) is 24.2 Å². The summed E-state index contributed by atoms with van der Waals surface area (Å²) in [6.45, 7) is 7.33. The van der Waals surface area contributed by atoms with Crippen molar-refractivity contribution in [1.82, 2.24) is 9.88 Å². The van der Waals surface area contributed by atoms with Crippen LogP contribution < -0.4 is 4.90 Å². The maximum atomic E-state index is 12.2. The highest BCUT2D eigenvalue weighted by atomic mass is 35.5. The van der Waals surface area contributed by atoms with Crippen LogP contribution in [0.25, 0.3) is 0 Å². The topological polar surface area (TPSA) is 36.4 Å². The molecule has 0 aliphatic carbocycles. The highest BCUT2D eigenvalue weighted by Gasteiger charge is 2.23. The number of piperazine rings is 1. The van der Waals surface area contributed by atoms with E-state index in [9.17, 15) is 4.79 Å². The van der Waals surface area contributed by atoms with Crippen LogP contribution >= 0.6 is 35.0 Å². The number of nitrogens with zero attached hydrogens (tertiary/aromatic N) is 3. The molecule has 0 unspecified atom stereocenters. The van der Waals surface area contributed by atoms with Gasteiger partial charge in [0.15, 0.2) is 0 Å². The molecular weight excluding hydrogens is 353 g/mol. The first-order chi connectivity index (χ1) is 11.0. The quantitative estimate of drug-likeness (QED) is 0.708. The molecule has 7 heteroatoms. The number of amides is 1. The van der Waals surface area contributed by atoms with Gasteiger partial charge in [-0.25, -0.2) is 4.98 Å². The van der Waals surface area contributed by atoms with Gasteiger partial charge in [-0.3, -0.25) is 4.79 Å². The summed E-state index contributed by atoms with van der Waals surface area (Å²) in [6.07, 6.45) is 2.76. The Labute approximate surface area is 152 Å². The zero-order valence-electron chi connectivity index (χ0n) is 13.6. The Morgan fingerprint density at radius 3 is 2.61 bits per heavy atom. The van der Waals surface area contributed by atoms with E-state index in [1.165, 1.54) is 0 Å². The summed E-state index contributed by atoms with van der Waals surface area (Å²) in [5.74, 6) is 3.29. The fourth-order valence-electron chi connectivity index (χ4n) is 2.38. The Morgan fingerprint density at radius 1 is 1.30 bits per heavy atom. The Balaban J connectivity index is 1.78. The molecule has 1 aliphatic heterocycles. The van der Waals surface area contributed by atoms with Crippen LogP contribution in [0.4, 0.5) is 5.82 Å². The molecule has 0 bridgehead atoms. The van der Waals surface area contributed by atoms with E-state index in [0.29, 0.717) is 34.8 Å². The van der Waals surface area contributed by atoms with E-state index in [4.69, 9.17) is 23.2 Å². The van der Waals surface area contributed by atoms with E-state index in [1.54, 1.807) is 24.0 Å². The lowest BCUT2D eigenvalue weighted by atomic mass is 10.2. The number of halogens is 2. The van der Waals surface area contributed by atoms with Crippen LogP contribution in [-0.4, -0.2) is 53.5 Å². The third-order valence-corrected chi connectivity index (χ3v) is 5.25. The first kappa shape index (κ1) is 18.7. The summed E-state index contributed by atoms with van der Waals surface area (Å²) in [4.78, 5) is 20.6. The molecule has 1 aliphatic rings. The molecule has 1 saturated heterocycles. The minimum Gasteiger partial charge on any atom is -0.352 e. The molecule has 0 spiro atoms. The molecule has 1 fully saturated rings. The minimum atomic E-state index is 0.230. The van der Waals surface area contributed by atoms with Crippen molar-refractivity contribution in [1.29, 1.82) is 0 Å². The zero-order chi connectivity index (χ0) is 16.8. The van der Waals surface area contributed by atoms with Crippen LogP contribution in [0.1, 0.15) is 20.3 Å². The van der Waals surface area contributed by atoms with Crippen molar-refractivity contribution in [3.8, 4) is 0 Å². The third kappa shape index (κ3) is 5.73. The van der Waals surface area contributed by atoms with Gasteiger partial charge < -0.3 is 9.80 Å². The number of carbonyl (C=O) groups is 1. The monoisotopic (exact) mass is 375 g/mol. The smallest absolute Gasteiger partial charge is 0.232 e. The molecule has 0 atom stereocenters. The van der Waals surface area contributed by atoms with Gasteiger partial charge in [-0.1, -0.05) is 37.0 Å². The number of carbonyl (C=O) groups excluding carboxylic acids is 1. The van der Waals surface area contributed by atoms with E-state index in [0.717, 1.165) is 31.1 Å². The normalized spacial score (nSPS) is 15.3. The van der Waals surface area contributed by atoms with Crippen molar-refractivity contribution >= 4 is 46.7 Å². The molecule has 128 valence electrons. The second-order valence-electron chi connectivity index (χ2n) is 6.06. The van der Waals surface area contributed by atoms with Gasteiger partial charge in [0.2, 0.25) is 5.91 Å². The second kappa shape index (κ2) is 9.00. The lowest BCUT2D eigenvalue weighted by Crippen LogP contribution is -2.49. The molecular formula is C16H23Cl2N3OS. The lowest BCUT2D eigenvalue weighted by molar-refractivity contribution is -0.128. The minimum absolute atomic E-state index is 0.230. The van der Waals surface area contributed by atoms with Crippen molar-refractivity contribution in [2.45, 2.75) is 20.3 Å². The molecule has 4 nitrogen and oxygen atoms in total. The van der Waals surface area contributed by atoms with Crippen molar-refractivity contribution in [2.24, 2.45) is 5.92 Å². The van der Waals surface area contributed by atoms with Gasteiger partial charge in [0, 0.05) is 32.4 Å². The Morgan fingerprint density at radius 2 is 2.00 bits per heavy atom. The van der Waals surface area contributed by atoms with Crippen LogP contribution in [0.5, 0.6) is 0 Å². The van der Waals surface area contributed by atoms with E-state index in [-0.39, 0.29) is 5.91 Å². The highest BCUT2D eigenvalue weighted by Crippen LogP contribution is 2.26. The van der Waals surface area contributed by atoms with Gasteiger partial charge in [0.1, 0.15) is 5.82 Å². The van der Waals surface area contributed by atoms with Crippen molar-refractivity contribution in [3.05, 3.63) is 22.3 Å². The molecule has 2 heterocycles. The number of rotatable bonds is 6. The zero-order valence-corrected chi connectivity index (χ0v) is 15.9. The molecule has 1 amide bonds. The summed E-state index contributed by atoms with van der Waals surface area (Å²) in [5.41, 5.74) is 0. The summed E-state index contributed by atoms with van der Waals surface area (Å²) < 4.78 is 0. The van der Waals surface area contributed by atoms with Gasteiger partial charge >= 0.3 is 0 Å². The molecule has 1 aromatic heterocycles. The van der Waals surface area contributed by atoms with Crippen LogP contribution in [0.3, 0.4) is 0 Å². The maximum Gasteiger partial charge on any atom is 0.232 e. The molecule has 0 radical (unpaired) electrons. The van der Waals surface area contributed by atoms with E-state index in [1.807, 2.05) is 4.90 Å². The van der Waals surface area contributed by atoms with Gasteiger partial charge in [0.25, 0.3) is 0 Å². The molecule has 1 aromatic rings. The number of pyridine rings is 1. The fraction of sp³-hybridized carbons (Fsp3) is 0.625. The average molecular weight is 376 g/mol.